The van der Waals surface area contributed by atoms with Crippen LogP contribution >= 0.6 is 0 Å². The van der Waals surface area contributed by atoms with E-state index in [-0.39, 0.29) is 5.69 Å². The number of nitrogens with zero attached hydrogens (tertiary/aromatic N) is 2. The van der Waals surface area contributed by atoms with Gasteiger partial charge >= 0.3 is 6.18 Å². The van der Waals surface area contributed by atoms with Crippen LogP contribution in [-0.2, 0) is 12.7 Å². The van der Waals surface area contributed by atoms with E-state index >= 15 is 0 Å². The van der Waals surface area contributed by atoms with Gasteiger partial charge in [0, 0.05) is 18.2 Å². The van der Waals surface area contributed by atoms with Crippen molar-refractivity contribution < 1.29 is 22.9 Å². The third-order valence-electron chi connectivity index (χ3n) is 4.63. The van der Waals surface area contributed by atoms with E-state index in [4.69, 9.17) is 0 Å². The Labute approximate surface area is 164 Å². The number of hydrogen-bond donors (Lipinski definition) is 2. The highest BCUT2D eigenvalue weighted by Crippen LogP contribution is 2.34. The summed E-state index contributed by atoms with van der Waals surface area (Å²) in [6.45, 7) is 2.74. The van der Waals surface area contributed by atoms with Gasteiger partial charge in [-0.15, -0.1) is 0 Å². The van der Waals surface area contributed by atoms with Crippen LogP contribution < -0.4 is 10.9 Å². The molecule has 0 spiro atoms. The molecule has 2 N–H and O–H groups in total. The molecule has 1 aliphatic heterocycles. The molecule has 0 radical (unpaired) electrons. The number of hydrogen-bond acceptors (Lipinski definition) is 5. The van der Waals surface area contributed by atoms with E-state index in [0.717, 1.165) is 44.1 Å². The lowest BCUT2D eigenvalue weighted by Crippen LogP contribution is -2.30. The maximum absolute atomic E-state index is 12.8. The molecule has 1 saturated heterocycles. The minimum absolute atomic E-state index is 0.246. The molecular weight excluding hydrogens is 389 g/mol. The molecule has 154 valence electrons. The van der Waals surface area contributed by atoms with E-state index in [1.54, 1.807) is 18.2 Å². The van der Waals surface area contributed by atoms with Crippen molar-refractivity contribution in [1.82, 2.24) is 10.3 Å². The van der Waals surface area contributed by atoms with Gasteiger partial charge in [-0.25, -0.2) is 0 Å². The Bertz CT molecular complexity index is 912. The van der Waals surface area contributed by atoms with Crippen LogP contribution in [0.15, 0.2) is 42.5 Å². The first kappa shape index (κ1) is 20.6. The summed E-state index contributed by atoms with van der Waals surface area (Å²) in [7, 11) is 0. The minimum atomic E-state index is -4.71. The number of carbonyl (C=O) groups is 1. The zero-order valence-electron chi connectivity index (χ0n) is 15.3. The number of alkyl halides is 3. The Hall–Kier alpha value is -3.14. The number of halogens is 3. The van der Waals surface area contributed by atoms with Crippen LogP contribution in [0.1, 0.15) is 34.3 Å². The standard InChI is InChI=1S/C19H19F3N4O3/c20-19(21,22)15-6-7-16(17(11-15)26(28)29)23-24-18(27)14-5-3-4-13(10-14)12-25-8-1-2-9-25/h3-7,10-11,23H,1-2,8-9,12H2,(H,24,27). The zero-order chi connectivity index (χ0) is 21.0. The van der Waals surface area contributed by atoms with Gasteiger partial charge in [0.1, 0.15) is 5.69 Å². The SMILES string of the molecule is O=C(NNc1ccc(C(F)(F)F)cc1[N+](=O)[O-])c1cccc(CN2CCCC2)c1. The highest BCUT2D eigenvalue weighted by Gasteiger charge is 2.33. The third kappa shape index (κ3) is 5.23. The van der Waals surface area contributed by atoms with E-state index in [0.29, 0.717) is 17.7 Å². The lowest BCUT2D eigenvalue weighted by Gasteiger charge is -2.15. The van der Waals surface area contributed by atoms with Gasteiger partial charge < -0.3 is 0 Å². The first-order valence-corrected chi connectivity index (χ1v) is 8.97. The molecule has 1 heterocycles. The van der Waals surface area contributed by atoms with E-state index in [2.05, 4.69) is 15.8 Å². The number of nitro groups is 1. The molecule has 7 nitrogen and oxygen atoms in total. The van der Waals surface area contributed by atoms with Crippen molar-refractivity contribution in [3.63, 3.8) is 0 Å². The van der Waals surface area contributed by atoms with Crippen molar-refractivity contribution in [2.75, 3.05) is 18.5 Å². The average Bonchev–Trinajstić information content (AvgIpc) is 3.18. The molecule has 0 saturated carbocycles. The molecule has 29 heavy (non-hydrogen) atoms. The first-order chi connectivity index (χ1) is 13.7. The van der Waals surface area contributed by atoms with Crippen molar-refractivity contribution in [2.24, 2.45) is 0 Å². The highest BCUT2D eigenvalue weighted by molar-refractivity contribution is 5.95. The zero-order valence-corrected chi connectivity index (χ0v) is 15.3. The molecule has 2 aromatic carbocycles. The number of anilines is 1. The molecule has 1 amide bonds. The quantitative estimate of drug-likeness (QED) is 0.558. The number of carbonyl (C=O) groups excluding carboxylic acids is 1. The topological polar surface area (TPSA) is 87.5 Å². The lowest BCUT2D eigenvalue weighted by molar-refractivity contribution is -0.384. The number of nitro benzene ring substituents is 1. The summed E-state index contributed by atoms with van der Waals surface area (Å²) in [6, 6.07) is 8.99. The van der Waals surface area contributed by atoms with Gasteiger partial charge in [-0.3, -0.25) is 30.7 Å². The Morgan fingerprint density at radius 1 is 1.14 bits per heavy atom. The van der Waals surface area contributed by atoms with Crippen LogP contribution in [0.25, 0.3) is 0 Å². The van der Waals surface area contributed by atoms with Crippen molar-refractivity contribution >= 4 is 17.3 Å². The van der Waals surface area contributed by atoms with Gasteiger partial charge in [0.25, 0.3) is 11.6 Å². The van der Waals surface area contributed by atoms with Crippen molar-refractivity contribution in [3.8, 4) is 0 Å². The molecule has 10 heteroatoms. The van der Waals surface area contributed by atoms with E-state index in [1.807, 2.05) is 6.07 Å². The lowest BCUT2D eigenvalue weighted by atomic mass is 10.1. The fourth-order valence-electron chi connectivity index (χ4n) is 3.17. The van der Waals surface area contributed by atoms with E-state index in [9.17, 15) is 28.1 Å². The van der Waals surface area contributed by atoms with Crippen LogP contribution in [0.2, 0.25) is 0 Å². The second-order valence-electron chi connectivity index (χ2n) is 6.75. The van der Waals surface area contributed by atoms with Gasteiger partial charge in [-0.1, -0.05) is 12.1 Å². The molecule has 0 aliphatic carbocycles. The fraction of sp³-hybridized carbons (Fsp3) is 0.316. The van der Waals surface area contributed by atoms with Gasteiger partial charge in [0.15, 0.2) is 0 Å². The van der Waals surface area contributed by atoms with Crippen LogP contribution in [0.3, 0.4) is 0 Å². The molecule has 0 aromatic heterocycles. The predicted molar refractivity (Wildman–Crippen MR) is 100 cm³/mol. The largest absolute Gasteiger partial charge is 0.416 e. The molecule has 0 atom stereocenters. The first-order valence-electron chi connectivity index (χ1n) is 8.97. The summed E-state index contributed by atoms with van der Waals surface area (Å²) >= 11 is 0. The van der Waals surface area contributed by atoms with Crippen LogP contribution in [0, 0.1) is 10.1 Å². The maximum Gasteiger partial charge on any atom is 0.416 e. The highest BCUT2D eigenvalue weighted by atomic mass is 19.4. The molecule has 0 unspecified atom stereocenters. The Morgan fingerprint density at radius 2 is 1.86 bits per heavy atom. The maximum atomic E-state index is 12.8. The second-order valence-corrected chi connectivity index (χ2v) is 6.75. The van der Waals surface area contributed by atoms with Gasteiger partial charge in [-0.2, -0.15) is 13.2 Å². The van der Waals surface area contributed by atoms with Gasteiger partial charge in [0.05, 0.1) is 10.5 Å². The number of benzene rings is 2. The number of likely N-dealkylation sites (tertiary alicyclic amines) is 1. The summed E-state index contributed by atoms with van der Waals surface area (Å²) in [5, 5.41) is 11.1. The van der Waals surface area contributed by atoms with E-state index < -0.39 is 28.3 Å². The van der Waals surface area contributed by atoms with E-state index in [1.165, 1.54) is 0 Å². The Balaban J connectivity index is 1.69. The summed E-state index contributed by atoms with van der Waals surface area (Å²) in [6.07, 6.45) is -2.41. The Kier molecular flexibility index (Phi) is 6.02. The smallest absolute Gasteiger partial charge is 0.299 e. The molecule has 2 aromatic rings. The van der Waals surface area contributed by atoms with Gasteiger partial charge in [0.2, 0.25) is 0 Å². The molecular formula is C19H19F3N4O3. The summed E-state index contributed by atoms with van der Waals surface area (Å²) < 4.78 is 38.3. The van der Waals surface area contributed by atoms with Crippen LogP contribution in [-0.4, -0.2) is 28.8 Å². The summed E-state index contributed by atoms with van der Waals surface area (Å²) in [4.78, 5) is 24.8. The number of rotatable bonds is 6. The van der Waals surface area contributed by atoms with Crippen molar-refractivity contribution in [2.45, 2.75) is 25.6 Å². The van der Waals surface area contributed by atoms with Crippen LogP contribution in [0.4, 0.5) is 24.5 Å². The molecule has 0 bridgehead atoms. The number of hydrazine groups is 1. The molecule has 1 aliphatic rings. The Morgan fingerprint density at radius 3 is 2.52 bits per heavy atom. The molecule has 3 rings (SSSR count). The average molecular weight is 408 g/mol. The van der Waals surface area contributed by atoms with Crippen LogP contribution in [0.5, 0.6) is 0 Å². The monoisotopic (exact) mass is 408 g/mol. The molecule has 1 fully saturated rings. The predicted octanol–water partition coefficient (Wildman–Crippen LogP) is 3.97. The van der Waals surface area contributed by atoms with Crippen molar-refractivity contribution in [3.05, 3.63) is 69.3 Å². The second kappa shape index (κ2) is 8.48. The van der Waals surface area contributed by atoms with Gasteiger partial charge in [-0.05, 0) is 55.8 Å². The third-order valence-corrected chi connectivity index (χ3v) is 4.63. The number of amides is 1. The summed E-state index contributed by atoms with van der Waals surface area (Å²) in [5.74, 6) is -0.553. The number of nitrogens with one attached hydrogen (secondary N) is 2. The minimum Gasteiger partial charge on any atom is -0.299 e. The normalized spacial score (nSPS) is 14.6. The summed E-state index contributed by atoms with van der Waals surface area (Å²) in [5.41, 5.74) is 3.76. The van der Waals surface area contributed by atoms with Crippen molar-refractivity contribution in [1.29, 1.82) is 0 Å². The fourth-order valence-corrected chi connectivity index (χ4v) is 3.17.